The van der Waals surface area contributed by atoms with E-state index in [-0.39, 0.29) is 0 Å². The molecule has 0 amide bonds. The fourth-order valence-corrected chi connectivity index (χ4v) is 3.90. The third-order valence-corrected chi connectivity index (χ3v) is 4.76. The van der Waals surface area contributed by atoms with Crippen LogP contribution in [0, 0.1) is 5.92 Å². The molecule has 1 unspecified atom stereocenters. The second kappa shape index (κ2) is 6.45. The van der Waals surface area contributed by atoms with Gasteiger partial charge in [-0.15, -0.1) is 0 Å². The Balaban J connectivity index is 1.95. The summed E-state index contributed by atoms with van der Waals surface area (Å²) in [6.07, 6.45) is 3.62. The molecule has 1 aromatic rings. The first-order chi connectivity index (χ1) is 10.2. The summed E-state index contributed by atoms with van der Waals surface area (Å²) in [5.74, 6) is 2.63. The summed E-state index contributed by atoms with van der Waals surface area (Å²) in [5.41, 5.74) is 2.56. The number of ether oxygens (including phenoxy) is 2. The minimum absolute atomic E-state index is 0.389. The molecule has 0 spiro atoms. The van der Waals surface area contributed by atoms with Gasteiger partial charge in [0.05, 0.1) is 5.02 Å². The van der Waals surface area contributed by atoms with Crippen molar-refractivity contribution in [1.29, 1.82) is 0 Å². The zero-order valence-corrected chi connectivity index (χ0v) is 13.6. The largest absolute Gasteiger partial charge is 0.486 e. The predicted octanol–water partition coefficient (Wildman–Crippen LogP) is 3.78. The molecule has 1 atom stereocenters. The van der Waals surface area contributed by atoms with Crippen molar-refractivity contribution < 1.29 is 9.47 Å². The predicted molar refractivity (Wildman–Crippen MR) is 85.8 cm³/mol. The molecule has 1 saturated heterocycles. The molecular weight excluding hydrogens is 286 g/mol. The standard InChI is InChI=1S/C17H24ClNO2/c1-11(2)15-13(8-12-4-3-5-19-10-12)9-14-17(16(15)18)21-7-6-20-14/h9,11-12,19H,3-8,10H2,1-2H3. The molecule has 2 aliphatic rings. The van der Waals surface area contributed by atoms with Crippen molar-refractivity contribution in [3.8, 4) is 11.5 Å². The number of piperidine rings is 1. The van der Waals surface area contributed by atoms with E-state index in [4.69, 9.17) is 21.1 Å². The summed E-state index contributed by atoms with van der Waals surface area (Å²) in [7, 11) is 0. The van der Waals surface area contributed by atoms with Gasteiger partial charge in [0.15, 0.2) is 11.5 Å². The van der Waals surface area contributed by atoms with Crippen LogP contribution in [0.5, 0.6) is 11.5 Å². The molecule has 3 rings (SSSR count). The fraction of sp³-hybridized carbons (Fsp3) is 0.647. The van der Waals surface area contributed by atoms with Crippen LogP contribution in [0.2, 0.25) is 5.02 Å². The van der Waals surface area contributed by atoms with Crippen LogP contribution in [0.3, 0.4) is 0 Å². The highest BCUT2D eigenvalue weighted by molar-refractivity contribution is 6.33. The molecule has 0 radical (unpaired) electrons. The minimum atomic E-state index is 0.389. The van der Waals surface area contributed by atoms with Crippen molar-refractivity contribution in [3.05, 3.63) is 22.2 Å². The number of hydrogen-bond donors (Lipinski definition) is 1. The highest BCUT2D eigenvalue weighted by Crippen LogP contribution is 2.44. The Bertz CT molecular complexity index is 510. The lowest BCUT2D eigenvalue weighted by atomic mass is 9.87. The first-order valence-corrected chi connectivity index (χ1v) is 8.36. The molecule has 0 aromatic heterocycles. The van der Waals surface area contributed by atoms with Crippen LogP contribution >= 0.6 is 11.6 Å². The van der Waals surface area contributed by atoms with E-state index in [9.17, 15) is 0 Å². The van der Waals surface area contributed by atoms with Gasteiger partial charge in [0.2, 0.25) is 0 Å². The van der Waals surface area contributed by atoms with E-state index in [0.29, 0.717) is 25.0 Å². The second-order valence-electron chi connectivity index (χ2n) is 6.36. The molecular formula is C17H24ClNO2. The highest BCUT2D eigenvalue weighted by atomic mass is 35.5. The van der Waals surface area contributed by atoms with E-state index in [1.54, 1.807) is 0 Å². The van der Waals surface area contributed by atoms with Crippen molar-refractivity contribution >= 4 is 11.6 Å². The van der Waals surface area contributed by atoms with E-state index in [0.717, 1.165) is 36.0 Å². The number of nitrogens with one attached hydrogen (secondary N) is 1. The van der Waals surface area contributed by atoms with Gasteiger partial charge >= 0.3 is 0 Å². The Hall–Kier alpha value is -0.930. The van der Waals surface area contributed by atoms with E-state index >= 15 is 0 Å². The highest BCUT2D eigenvalue weighted by Gasteiger charge is 2.25. The third kappa shape index (κ3) is 3.14. The Kier molecular flexibility index (Phi) is 4.60. The molecule has 4 heteroatoms. The number of halogens is 1. The van der Waals surface area contributed by atoms with Gasteiger partial charge in [0.25, 0.3) is 0 Å². The molecule has 1 N–H and O–H groups in total. The molecule has 2 aliphatic heterocycles. The van der Waals surface area contributed by atoms with E-state index < -0.39 is 0 Å². The zero-order chi connectivity index (χ0) is 14.8. The van der Waals surface area contributed by atoms with Crippen LogP contribution in [0.15, 0.2) is 6.07 Å². The smallest absolute Gasteiger partial charge is 0.180 e. The molecule has 0 aliphatic carbocycles. The van der Waals surface area contributed by atoms with Gasteiger partial charge in [-0.1, -0.05) is 25.4 Å². The summed E-state index contributed by atoms with van der Waals surface area (Å²) in [6, 6.07) is 2.16. The molecule has 3 nitrogen and oxygen atoms in total. The lowest BCUT2D eigenvalue weighted by Gasteiger charge is -2.28. The quantitative estimate of drug-likeness (QED) is 0.922. The first kappa shape index (κ1) is 15.0. The number of benzene rings is 1. The van der Waals surface area contributed by atoms with Crippen molar-refractivity contribution in [2.45, 2.75) is 39.0 Å². The Morgan fingerprint density at radius 3 is 2.86 bits per heavy atom. The van der Waals surface area contributed by atoms with Gasteiger partial charge in [-0.25, -0.2) is 0 Å². The number of rotatable bonds is 3. The monoisotopic (exact) mass is 309 g/mol. The van der Waals surface area contributed by atoms with Crippen LogP contribution in [-0.4, -0.2) is 26.3 Å². The second-order valence-corrected chi connectivity index (χ2v) is 6.74. The Morgan fingerprint density at radius 1 is 1.33 bits per heavy atom. The van der Waals surface area contributed by atoms with Gasteiger partial charge in [0.1, 0.15) is 13.2 Å². The fourth-order valence-electron chi connectivity index (χ4n) is 3.41. The van der Waals surface area contributed by atoms with Crippen LogP contribution in [0.1, 0.15) is 43.7 Å². The molecule has 1 fully saturated rings. The molecule has 1 aromatic carbocycles. The van der Waals surface area contributed by atoms with Gasteiger partial charge in [-0.2, -0.15) is 0 Å². The average Bonchev–Trinajstić information content (AvgIpc) is 2.48. The van der Waals surface area contributed by atoms with E-state index in [2.05, 4.69) is 25.2 Å². The maximum absolute atomic E-state index is 6.62. The molecule has 2 heterocycles. The lowest BCUT2D eigenvalue weighted by molar-refractivity contribution is 0.171. The SMILES string of the molecule is CC(C)c1c(CC2CCCNC2)cc2c(c1Cl)OCCO2. The van der Waals surface area contributed by atoms with Gasteiger partial charge in [0, 0.05) is 0 Å². The summed E-state index contributed by atoms with van der Waals surface area (Å²) in [4.78, 5) is 0. The van der Waals surface area contributed by atoms with Crippen LogP contribution in [-0.2, 0) is 6.42 Å². The first-order valence-electron chi connectivity index (χ1n) is 7.98. The van der Waals surface area contributed by atoms with Gasteiger partial charge in [-0.3, -0.25) is 0 Å². The molecule has 116 valence electrons. The Labute approximate surface area is 132 Å². The summed E-state index contributed by atoms with van der Waals surface area (Å²) < 4.78 is 11.5. The topological polar surface area (TPSA) is 30.5 Å². The average molecular weight is 310 g/mol. The molecule has 0 bridgehead atoms. The van der Waals surface area contributed by atoms with Gasteiger partial charge < -0.3 is 14.8 Å². The lowest BCUT2D eigenvalue weighted by Crippen LogP contribution is -2.31. The van der Waals surface area contributed by atoms with Gasteiger partial charge in [-0.05, 0) is 61.4 Å². The Morgan fingerprint density at radius 2 is 2.14 bits per heavy atom. The maximum atomic E-state index is 6.62. The van der Waals surface area contributed by atoms with Crippen LogP contribution in [0.4, 0.5) is 0 Å². The normalized spacial score (nSPS) is 21.6. The minimum Gasteiger partial charge on any atom is -0.486 e. The summed E-state index contributed by atoms with van der Waals surface area (Å²) >= 11 is 6.62. The molecule has 21 heavy (non-hydrogen) atoms. The van der Waals surface area contributed by atoms with Crippen LogP contribution < -0.4 is 14.8 Å². The van der Waals surface area contributed by atoms with E-state index in [1.807, 2.05) is 0 Å². The number of fused-ring (bicyclic) bond motifs is 1. The zero-order valence-electron chi connectivity index (χ0n) is 12.9. The number of hydrogen-bond acceptors (Lipinski definition) is 3. The van der Waals surface area contributed by atoms with Crippen molar-refractivity contribution in [2.24, 2.45) is 5.92 Å². The molecule has 0 saturated carbocycles. The summed E-state index contributed by atoms with van der Waals surface area (Å²) in [6.45, 7) is 7.82. The van der Waals surface area contributed by atoms with E-state index in [1.165, 1.54) is 24.0 Å². The van der Waals surface area contributed by atoms with Crippen LogP contribution in [0.25, 0.3) is 0 Å². The third-order valence-electron chi connectivity index (χ3n) is 4.38. The van der Waals surface area contributed by atoms with Crippen molar-refractivity contribution in [1.82, 2.24) is 5.32 Å². The maximum Gasteiger partial charge on any atom is 0.180 e. The van der Waals surface area contributed by atoms with Crippen molar-refractivity contribution in [2.75, 3.05) is 26.3 Å². The van der Waals surface area contributed by atoms with Crippen molar-refractivity contribution in [3.63, 3.8) is 0 Å². The summed E-state index contributed by atoms with van der Waals surface area (Å²) in [5, 5.41) is 4.24.